The molecule has 0 radical (unpaired) electrons. The third-order valence-corrected chi connectivity index (χ3v) is 7.48. The van der Waals surface area contributed by atoms with Crippen LogP contribution in [0.15, 0.2) is 97.8 Å². The quantitative estimate of drug-likeness (QED) is 0.233. The minimum Gasteiger partial charge on any atom is -0.481 e. The number of fused-ring (bicyclic) bond motifs is 6. The average molecular weight is 550 g/mol. The van der Waals surface area contributed by atoms with Gasteiger partial charge >= 0.3 is 0 Å². The number of para-hydroxylation sites is 1. The van der Waals surface area contributed by atoms with Gasteiger partial charge in [0.25, 0.3) is 0 Å². The summed E-state index contributed by atoms with van der Waals surface area (Å²) in [6, 6.07) is 22.4. The van der Waals surface area contributed by atoms with E-state index in [0.29, 0.717) is 18.4 Å². The van der Waals surface area contributed by atoms with Gasteiger partial charge < -0.3 is 19.4 Å². The Morgan fingerprint density at radius 1 is 0.667 bits per heavy atom. The third kappa shape index (κ3) is 4.06. The second kappa shape index (κ2) is 9.67. The molecule has 202 valence electrons. The molecule has 8 aromatic rings. The molecular weight excluding hydrogens is 526 g/mol. The van der Waals surface area contributed by atoms with Crippen molar-refractivity contribution in [1.29, 1.82) is 0 Å². The Morgan fingerprint density at radius 3 is 2.36 bits per heavy atom. The first-order valence-corrected chi connectivity index (χ1v) is 13.4. The number of nitrogens with zero attached hydrogens (tertiary/aromatic N) is 5. The number of H-pyrrole nitrogens is 2. The van der Waals surface area contributed by atoms with Crippen molar-refractivity contribution < 1.29 is 9.47 Å². The van der Waals surface area contributed by atoms with E-state index in [0.717, 1.165) is 71.7 Å². The summed E-state index contributed by atoms with van der Waals surface area (Å²) in [5.74, 6) is 1.08. The summed E-state index contributed by atoms with van der Waals surface area (Å²) < 4.78 is 11.7. The molecule has 9 nitrogen and oxygen atoms in total. The van der Waals surface area contributed by atoms with Crippen LogP contribution in [-0.4, -0.2) is 42.0 Å². The van der Waals surface area contributed by atoms with Crippen LogP contribution >= 0.6 is 0 Å². The van der Waals surface area contributed by atoms with Crippen molar-refractivity contribution in [2.24, 2.45) is 0 Å². The van der Waals surface area contributed by atoms with Crippen molar-refractivity contribution in [2.45, 2.75) is 6.61 Å². The first kappa shape index (κ1) is 24.0. The van der Waals surface area contributed by atoms with Crippen LogP contribution in [0.25, 0.3) is 66.1 Å². The first-order chi connectivity index (χ1) is 20.7. The van der Waals surface area contributed by atoms with Crippen LogP contribution in [0.5, 0.6) is 11.8 Å². The molecule has 2 aromatic carbocycles. The van der Waals surface area contributed by atoms with Gasteiger partial charge in [0.15, 0.2) is 0 Å². The Balaban J connectivity index is 1.18. The Bertz CT molecular complexity index is 2240. The second-order valence-corrected chi connectivity index (χ2v) is 10.0. The molecule has 0 fully saturated rings. The van der Waals surface area contributed by atoms with Crippen LogP contribution in [0.4, 0.5) is 0 Å². The van der Waals surface area contributed by atoms with Crippen molar-refractivity contribution in [3.63, 3.8) is 0 Å². The lowest BCUT2D eigenvalue weighted by Crippen LogP contribution is -1.99. The number of aromatic nitrogens is 7. The number of nitrogens with one attached hydrogen (secondary N) is 2. The molecule has 0 saturated heterocycles. The van der Waals surface area contributed by atoms with Gasteiger partial charge in [-0.3, -0.25) is 4.98 Å². The van der Waals surface area contributed by atoms with Gasteiger partial charge in [0.2, 0.25) is 11.8 Å². The fourth-order valence-corrected chi connectivity index (χ4v) is 5.40. The topological polar surface area (TPSA) is 114 Å². The van der Waals surface area contributed by atoms with Gasteiger partial charge in [-0.05, 0) is 42.0 Å². The predicted octanol–water partition coefficient (Wildman–Crippen LogP) is 6.85. The Kier molecular flexibility index (Phi) is 5.53. The average Bonchev–Trinajstić information content (AvgIpc) is 3.62. The molecule has 2 N–H and O–H groups in total. The zero-order valence-corrected chi connectivity index (χ0v) is 22.5. The molecule has 0 aliphatic heterocycles. The molecule has 0 atom stereocenters. The third-order valence-electron chi connectivity index (χ3n) is 7.48. The molecule has 9 heteroatoms. The smallest absolute Gasteiger partial charge is 0.239 e. The number of rotatable bonds is 6. The summed E-state index contributed by atoms with van der Waals surface area (Å²) in [6.45, 7) is 0.342. The van der Waals surface area contributed by atoms with Crippen LogP contribution < -0.4 is 9.47 Å². The fraction of sp³-hybridized carbons (Fsp3) is 0.0606. The van der Waals surface area contributed by atoms with Crippen LogP contribution in [0.1, 0.15) is 5.56 Å². The van der Waals surface area contributed by atoms with E-state index in [1.165, 1.54) is 6.33 Å². The van der Waals surface area contributed by atoms with Crippen molar-refractivity contribution >= 4 is 43.6 Å². The summed E-state index contributed by atoms with van der Waals surface area (Å²) in [6.07, 6.45) is 8.67. The van der Waals surface area contributed by atoms with Crippen molar-refractivity contribution in [3.05, 3.63) is 103 Å². The number of pyridine rings is 3. The molecular formula is C33H23N7O2. The van der Waals surface area contributed by atoms with Crippen LogP contribution in [0.2, 0.25) is 0 Å². The lowest BCUT2D eigenvalue weighted by atomic mass is 10.1. The molecule has 0 spiro atoms. The monoisotopic (exact) mass is 549 g/mol. The van der Waals surface area contributed by atoms with Crippen molar-refractivity contribution in [1.82, 2.24) is 34.9 Å². The summed E-state index contributed by atoms with van der Waals surface area (Å²) in [5, 5.41) is 4.31. The molecule has 0 unspecified atom stereocenters. The van der Waals surface area contributed by atoms with Gasteiger partial charge in [-0.25, -0.2) is 19.9 Å². The number of hydrogen-bond acceptors (Lipinski definition) is 7. The Morgan fingerprint density at radius 2 is 1.50 bits per heavy atom. The van der Waals surface area contributed by atoms with E-state index in [-0.39, 0.29) is 0 Å². The lowest BCUT2D eigenvalue weighted by Gasteiger charge is -2.10. The molecule has 0 amide bonds. The van der Waals surface area contributed by atoms with E-state index in [2.05, 4.69) is 72.4 Å². The highest BCUT2D eigenvalue weighted by atomic mass is 16.5. The highest BCUT2D eigenvalue weighted by molar-refractivity contribution is 6.10. The van der Waals surface area contributed by atoms with Crippen LogP contribution in [-0.2, 0) is 6.61 Å². The van der Waals surface area contributed by atoms with E-state index in [1.54, 1.807) is 25.7 Å². The highest BCUT2D eigenvalue weighted by Crippen LogP contribution is 2.35. The maximum absolute atomic E-state index is 6.45. The summed E-state index contributed by atoms with van der Waals surface area (Å²) in [5.41, 5.74) is 8.23. The van der Waals surface area contributed by atoms with Gasteiger partial charge in [-0.2, -0.15) is 0 Å². The number of ether oxygens (including phenoxy) is 2. The van der Waals surface area contributed by atoms with Gasteiger partial charge in [-0.1, -0.05) is 24.3 Å². The minimum absolute atomic E-state index is 0.342. The van der Waals surface area contributed by atoms with E-state index in [1.807, 2.05) is 30.5 Å². The molecule has 0 saturated carbocycles. The van der Waals surface area contributed by atoms with Crippen LogP contribution in [0, 0.1) is 0 Å². The number of benzene rings is 2. The largest absolute Gasteiger partial charge is 0.481 e. The van der Waals surface area contributed by atoms with E-state index < -0.39 is 0 Å². The van der Waals surface area contributed by atoms with Gasteiger partial charge in [-0.15, -0.1) is 0 Å². The number of hydrogen-bond donors (Lipinski definition) is 2. The summed E-state index contributed by atoms with van der Waals surface area (Å²) >= 11 is 0. The van der Waals surface area contributed by atoms with E-state index >= 15 is 0 Å². The SMILES string of the molecule is COc1ccc(-c2cc3c([nH]c4ccccc43)c(OCc3ccc4[nH]c5cnc(-c6cncnc6)cc5c4c3)n2)cn1. The van der Waals surface area contributed by atoms with Crippen LogP contribution in [0.3, 0.4) is 0 Å². The summed E-state index contributed by atoms with van der Waals surface area (Å²) in [4.78, 5) is 29.1. The molecule has 6 aromatic heterocycles. The standard InChI is InChI=1S/C33H23N7O2/c1-41-31-9-7-20(15-37-31)29-12-25-22-4-2-3-5-26(22)39-32(25)33(40-29)42-17-19-6-8-27-23(10-19)24-11-28(36-16-30(24)38-27)21-13-34-18-35-14-21/h2-16,18,38-39H,17H2,1H3. The zero-order chi connectivity index (χ0) is 28.0. The molecule has 6 heterocycles. The number of methoxy groups -OCH3 is 1. The predicted molar refractivity (Wildman–Crippen MR) is 162 cm³/mol. The normalized spacial score (nSPS) is 11.5. The maximum atomic E-state index is 6.45. The molecule has 42 heavy (non-hydrogen) atoms. The number of aromatic amines is 2. The zero-order valence-electron chi connectivity index (χ0n) is 22.5. The van der Waals surface area contributed by atoms with E-state index in [4.69, 9.17) is 14.5 Å². The highest BCUT2D eigenvalue weighted by Gasteiger charge is 2.15. The fourth-order valence-electron chi connectivity index (χ4n) is 5.40. The molecule has 0 aliphatic carbocycles. The van der Waals surface area contributed by atoms with Gasteiger partial charge in [0, 0.05) is 68.4 Å². The lowest BCUT2D eigenvalue weighted by molar-refractivity contribution is 0.298. The Labute approximate surface area is 239 Å². The maximum Gasteiger partial charge on any atom is 0.239 e. The summed E-state index contributed by atoms with van der Waals surface area (Å²) in [7, 11) is 1.60. The Hall–Kier alpha value is -5.83. The minimum atomic E-state index is 0.342. The van der Waals surface area contributed by atoms with Crippen molar-refractivity contribution in [3.8, 4) is 34.3 Å². The molecule has 0 aliphatic rings. The van der Waals surface area contributed by atoms with Gasteiger partial charge in [0.05, 0.1) is 30.2 Å². The van der Waals surface area contributed by atoms with Gasteiger partial charge in [0.1, 0.15) is 18.5 Å². The first-order valence-electron chi connectivity index (χ1n) is 13.4. The second-order valence-electron chi connectivity index (χ2n) is 10.0. The van der Waals surface area contributed by atoms with Crippen molar-refractivity contribution in [2.75, 3.05) is 7.11 Å². The molecule has 0 bridgehead atoms. The molecule has 8 rings (SSSR count). The van der Waals surface area contributed by atoms with E-state index in [9.17, 15) is 0 Å².